The van der Waals surface area contributed by atoms with Gasteiger partial charge in [-0.05, 0) is 35.7 Å². The quantitative estimate of drug-likeness (QED) is 0.362. The molecule has 3 heterocycles. The van der Waals surface area contributed by atoms with Crippen LogP contribution >= 0.6 is 0 Å². The minimum absolute atomic E-state index is 0.112. The van der Waals surface area contributed by atoms with Crippen molar-refractivity contribution < 1.29 is 23.4 Å². The van der Waals surface area contributed by atoms with E-state index in [4.69, 9.17) is 23.4 Å². The molecule has 0 N–H and O–H groups in total. The van der Waals surface area contributed by atoms with Gasteiger partial charge in [0.25, 0.3) is 0 Å². The maximum Gasteiger partial charge on any atom is 0.231 e. The maximum atomic E-state index is 13.2. The van der Waals surface area contributed by atoms with Gasteiger partial charge in [-0.25, -0.2) is 0 Å². The first-order valence-electron chi connectivity index (χ1n) is 7.81. The molecule has 122 valence electrons. The first-order chi connectivity index (χ1) is 12.3. The molecule has 0 saturated carbocycles. The van der Waals surface area contributed by atoms with Crippen LogP contribution in [0.15, 0.2) is 45.6 Å². The average Bonchev–Trinajstić information content (AvgIpc) is 3.28. The molecular weight excluding hydrogens is 324 g/mol. The van der Waals surface area contributed by atoms with Crippen molar-refractivity contribution in [2.24, 2.45) is 0 Å². The van der Waals surface area contributed by atoms with Gasteiger partial charge < -0.3 is 23.4 Å². The lowest BCUT2D eigenvalue weighted by atomic mass is 10.0. The van der Waals surface area contributed by atoms with E-state index in [1.807, 2.05) is 18.2 Å². The normalized spacial score (nSPS) is 14.7. The molecular formula is C19H10O6. The Morgan fingerprint density at radius 2 is 1.56 bits per heavy atom. The average molecular weight is 334 g/mol. The zero-order valence-corrected chi connectivity index (χ0v) is 12.8. The molecule has 0 unspecified atom stereocenters. The molecule has 0 fully saturated rings. The van der Waals surface area contributed by atoms with Crippen LogP contribution in [0.1, 0.15) is 0 Å². The van der Waals surface area contributed by atoms with Crippen molar-refractivity contribution in [1.29, 1.82) is 0 Å². The van der Waals surface area contributed by atoms with Gasteiger partial charge in [-0.15, -0.1) is 0 Å². The SMILES string of the molecule is O=c1c2ccc3c(c2oc2ccc4cc5c(cc4c12)OCO5)OCO3. The zero-order chi connectivity index (χ0) is 16.5. The topological polar surface area (TPSA) is 67.1 Å². The Bertz CT molecular complexity index is 1270. The predicted octanol–water partition coefficient (Wildman–Crippen LogP) is 3.56. The van der Waals surface area contributed by atoms with Crippen LogP contribution in [0.3, 0.4) is 0 Å². The summed E-state index contributed by atoms with van der Waals surface area (Å²) in [6.45, 7) is 0.308. The summed E-state index contributed by atoms with van der Waals surface area (Å²) in [5, 5.41) is 2.64. The van der Waals surface area contributed by atoms with Gasteiger partial charge in [0.15, 0.2) is 22.8 Å². The third kappa shape index (κ3) is 1.60. The third-order valence-corrected chi connectivity index (χ3v) is 4.65. The Morgan fingerprint density at radius 3 is 2.48 bits per heavy atom. The highest BCUT2D eigenvalue weighted by Crippen LogP contribution is 2.41. The number of rotatable bonds is 0. The smallest absolute Gasteiger partial charge is 0.231 e. The molecule has 0 spiro atoms. The number of fused-ring (bicyclic) bond motifs is 7. The molecule has 3 aromatic carbocycles. The standard InChI is InChI=1S/C19H10O6/c20-17-10-2-4-13-19(24-8-21-13)18(10)25-12-3-1-9-5-14-15(23-7-22-14)6-11(9)16(12)17/h1-6H,7-8H2. The van der Waals surface area contributed by atoms with Crippen molar-refractivity contribution in [3.05, 3.63) is 46.6 Å². The highest BCUT2D eigenvalue weighted by atomic mass is 16.7. The zero-order valence-electron chi connectivity index (χ0n) is 12.8. The lowest BCUT2D eigenvalue weighted by Gasteiger charge is -2.07. The second-order valence-electron chi connectivity index (χ2n) is 5.97. The summed E-state index contributed by atoms with van der Waals surface area (Å²) in [6.07, 6.45) is 0. The Labute approximate surface area is 140 Å². The summed E-state index contributed by atoms with van der Waals surface area (Å²) in [4.78, 5) is 13.2. The van der Waals surface area contributed by atoms with Crippen LogP contribution in [0, 0.1) is 0 Å². The lowest BCUT2D eigenvalue weighted by molar-refractivity contribution is 0.173. The molecule has 4 aromatic rings. The van der Waals surface area contributed by atoms with Gasteiger partial charge in [0, 0.05) is 5.39 Å². The van der Waals surface area contributed by atoms with Crippen LogP contribution in [0.5, 0.6) is 23.0 Å². The van der Waals surface area contributed by atoms with Gasteiger partial charge in [0.1, 0.15) is 5.58 Å². The van der Waals surface area contributed by atoms with Gasteiger partial charge in [-0.3, -0.25) is 4.79 Å². The first kappa shape index (κ1) is 12.9. The molecule has 6 rings (SSSR count). The highest BCUT2D eigenvalue weighted by molar-refractivity contribution is 6.09. The largest absolute Gasteiger partial charge is 0.454 e. The van der Waals surface area contributed by atoms with E-state index in [0.29, 0.717) is 44.9 Å². The van der Waals surface area contributed by atoms with E-state index in [1.165, 1.54) is 0 Å². The fourth-order valence-corrected chi connectivity index (χ4v) is 3.48. The molecule has 0 radical (unpaired) electrons. The van der Waals surface area contributed by atoms with E-state index in [9.17, 15) is 4.79 Å². The summed E-state index contributed by atoms with van der Waals surface area (Å²) in [6, 6.07) is 10.8. The van der Waals surface area contributed by atoms with Crippen LogP contribution in [0.4, 0.5) is 0 Å². The number of hydrogen-bond acceptors (Lipinski definition) is 6. The van der Waals surface area contributed by atoms with Gasteiger partial charge in [-0.2, -0.15) is 0 Å². The Hall–Kier alpha value is -3.41. The van der Waals surface area contributed by atoms with Crippen LogP contribution in [-0.4, -0.2) is 13.6 Å². The van der Waals surface area contributed by atoms with Crippen molar-refractivity contribution in [1.82, 2.24) is 0 Å². The van der Waals surface area contributed by atoms with Gasteiger partial charge in [0.2, 0.25) is 24.8 Å². The summed E-state index contributed by atoms with van der Waals surface area (Å²) in [5.41, 5.74) is 0.791. The molecule has 2 aliphatic heterocycles. The van der Waals surface area contributed by atoms with E-state index in [1.54, 1.807) is 18.2 Å². The summed E-state index contributed by atoms with van der Waals surface area (Å²) in [5.74, 6) is 2.37. The van der Waals surface area contributed by atoms with Crippen LogP contribution in [-0.2, 0) is 0 Å². The monoisotopic (exact) mass is 334 g/mol. The Balaban J connectivity index is 1.80. The molecule has 0 amide bonds. The van der Waals surface area contributed by atoms with Crippen LogP contribution in [0.2, 0.25) is 0 Å². The van der Waals surface area contributed by atoms with E-state index in [0.717, 1.165) is 10.8 Å². The van der Waals surface area contributed by atoms with Crippen LogP contribution < -0.4 is 24.4 Å². The molecule has 0 atom stereocenters. The van der Waals surface area contributed by atoms with E-state index < -0.39 is 0 Å². The molecule has 0 bridgehead atoms. The van der Waals surface area contributed by atoms with Gasteiger partial charge in [-0.1, -0.05) is 6.07 Å². The molecule has 25 heavy (non-hydrogen) atoms. The van der Waals surface area contributed by atoms with Crippen molar-refractivity contribution in [3.63, 3.8) is 0 Å². The second kappa shape index (κ2) is 4.36. The molecule has 0 saturated heterocycles. The Kier molecular flexibility index (Phi) is 2.26. The summed E-state index contributed by atoms with van der Waals surface area (Å²) < 4.78 is 27.7. The summed E-state index contributed by atoms with van der Waals surface area (Å²) in [7, 11) is 0. The molecule has 2 aliphatic rings. The van der Waals surface area contributed by atoms with Crippen molar-refractivity contribution in [3.8, 4) is 23.0 Å². The van der Waals surface area contributed by atoms with Crippen molar-refractivity contribution in [2.75, 3.05) is 13.6 Å². The van der Waals surface area contributed by atoms with Gasteiger partial charge in [0.05, 0.1) is 10.8 Å². The molecule has 6 heteroatoms. The highest BCUT2D eigenvalue weighted by Gasteiger charge is 2.23. The van der Waals surface area contributed by atoms with Crippen molar-refractivity contribution in [2.45, 2.75) is 0 Å². The number of ether oxygens (including phenoxy) is 4. The molecule has 6 nitrogen and oxygen atoms in total. The summed E-state index contributed by atoms with van der Waals surface area (Å²) >= 11 is 0. The van der Waals surface area contributed by atoms with Gasteiger partial charge >= 0.3 is 0 Å². The predicted molar refractivity (Wildman–Crippen MR) is 89.7 cm³/mol. The minimum Gasteiger partial charge on any atom is -0.454 e. The lowest BCUT2D eigenvalue weighted by Crippen LogP contribution is -2.03. The fraction of sp³-hybridized carbons (Fsp3) is 0.105. The minimum atomic E-state index is -0.112. The van der Waals surface area contributed by atoms with E-state index in [-0.39, 0.29) is 19.0 Å². The third-order valence-electron chi connectivity index (χ3n) is 4.65. The number of benzene rings is 3. The Morgan fingerprint density at radius 1 is 0.760 bits per heavy atom. The molecule has 1 aromatic heterocycles. The number of hydrogen-bond donors (Lipinski definition) is 0. The second-order valence-corrected chi connectivity index (χ2v) is 5.97. The van der Waals surface area contributed by atoms with E-state index >= 15 is 0 Å². The van der Waals surface area contributed by atoms with Crippen LogP contribution in [0.25, 0.3) is 32.7 Å². The van der Waals surface area contributed by atoms with E-state index in [2.05, 4.69) is 0 Å². The maximum absolute atomic E-state index is 13.2. The van der Waals surface area contributed by atoms with Crippen molar-refractivity contribution >= 4 is 32.7 Å². The fourth-order valence-electron chi connectivity index (χ4n) is 3.48. The molecule has 0 aliphatic carbocycles. The first-order valence-corrected chi connectivity index (χ1v) is 7.81.